The largest absolute Gasteiger partial charge is 0.455 e. The molecule has 0 saturated carbocycles. The number of para-hydroxylation sites is 5. The molecule has 14 rings (SSSR count). The van der Waals surface area contributed by atoms with Crippen LogP contribution in [0.5, 0.6) is 0 Å². The number of aromatic nitrogens is 4. The summed E-state index contributed by atoms with van der Waals surface area (Å²) in [6.07, 6.45) is 0. The van der Waals surface area contributed by atoms with Crippen molar-refractivity contribution in [2.75, 3.05) is 0 Å². The van der Waals surface area contributed by atoms with Gasteiger partial charge in [0.25, 0.3) is 0 Å². The minimum absolute atomic E-state index is 0.632. The first-order chi connectivity index (χ1) is 34.7. The van der Waals surface area contributed by atoms with Crippen molar-refractivity contribution in [1.82, 2.24) is 19.1 Å². The molecule has 0 aliphatic rings. The molecule has 5 nitrogen and oxygen atoms in total. The van der Waals surface area contributed by atoms with E-state index < -0.39 is 8.07 Å². The second-order valence-electron chi connectivity index (χ2n) is 18.1. The fraction of sp³-hybridized carbons (Fsp3) is 0. The Hall–Kier alpha value is -9.10. The lowest BCUT2D eigenvalue weighted by atomic mass is 10.1. The first kappa shape index (κ1) is 40.0. The number of nitrogens with zero attached hydrogens (tertiary/aromatic N) is 4. The number of benzene rings is 10. The number of furan rings is 1. The van der Waals surface area contributed by atoms with Gasteiger partial charge in [-0.3, -0.25) is 4.57 Å². The third-order valence-corrected chi connectivity index (χ3v) is 19.1. The Labute approximate surface area is 404 Å². The maximum atomic E-state index is 6.71. The number of fused-ring (bicyclic) bond motifs is 9. The molecule has 0 saturated heterocycles. The van der Waals surface area contributed by atoms with Gasteiger partial charge in [0.2, 0.25) is 0 Å². The summed E-state index contributed by atoms with van der Waals surface area (Å²) in [5.74, 6) is 1.40. The second-order valence-corrected chi connectivity index (χ2v) is 21.9. The average Bonchev–Trinajstić information content (AvgIpc) is 4.10. The van der Waals surface area contributed by atoms with Crippen LogP contribution in [-0.4, -0.2) is 27.2 Å². The zero-order valence-corrected chi connectivity index (χ0v) is 38.9. The van der Waals surface area contributed by atoms with Gasteiger partial charge in [0.1, 0.15) is 17.0 Å². The molecule has 14 aromatic rings. The zero-order valence-electron chi connectivity index (χ0n) is 37.9. The van der Waals surface area contributed by atoms with E-state index >= 15 is 0 Å². The highest BCUT2D eigenvalue weighted by molar-refractivity contribution is 7.19. The Balaban J connectivity index is 1.03. The second kappa shape index (κ2) is 16.0. The Morgan fingerprint density at radius 3 is 1.49 bits per heavy atom. The summed E-state index contributed by atoms with van der Waals surface area (Å²) in [6, 6.07) is 91.9. The van der Waals surface area contributed by atoms with Gasteiger partial charge in [0.05, 0.1) is 27.8 Å². The molecule has 10 aromatic carbocycles. The van der Waals surface area contributed by atoms with Crippen molar-refractivity contribution in [3.05, 3.63) is 255 Å². The van der Waals surface area contributed by atoms with Crippen LogP contribution in [0.25, 0.3) is 99.7 Å². The van der Waals surface area contributed by atoms with E-state index in [-0.39, 0.29) is 0 Å². The van der Waals surface area contributed by atoms with Crippen LogP contribution in [-0.2, 0) is 0 Å². The molecule has 0 aliphatic heterocycles. The van der Waals surface area contributed by atoms with Gasteiger partial charge < -0.3 is 8.98 Å². The van der Waals surface area contributed by atoms with Crippen LogP contribution < -0.4 is 20.7 Å². The molecule has 0 N–H and O–H groups in total. The van der Waals surface area contributed by atoms with Gasteiger partial charge in [-0.2, -0.15) is 0 Å². The van der Waals surface area contributed by atoms with Crippen LogP contribution in [0.4, 0.5) is 0 Å². The molecule has 0 spiro atoms. The van der Waals surface area contributed by atoms with Gasteiger partial charge >= 0.3 is 0 Å². The zero-order chi connectivity index (χ0) is 46.2. The Morgan fingerprint density at radius 2 is 0.843 bits per heavy atom. The molecule has 6 heteroatoms. The van der Waals surface area contributed by atoms with Gasteiger partial charge in [-0.05, 0) is 69.3 Å². The van der Waals surface area contributed by atoms with E-state index in [0.29, 0.717) is 5.82 Å². The minimum Gasteiger partial charge on any atom is -0.455 e. The quantitative estimate of drug-likeness (QED) is 0.113. The third-order valence-electron chi connectivity index (χ3n) is 14.3. The fourth-order valence-corrected chi connectivity index (χ4v) is 16.1. The standard InChI is InChI=1S/C64H42N4OSi/c1-4-21-45(22-5-1)70(46-23-6-2-7-24-46,47-25-8-3-9-26-47)48-27-18-20-43(40-48)64-65-56(54-33-19-32-53-52-31-13-17-37-61(52)69-63(53)54)42-62(66-64)68-59-36-16-12-30-51(59)55-41-44(38-39-60(55)68)67-57-34-14-10-28-49(57)50-29-11-15-35-58(50)67/h1-42H. The van der Waals surface area contributed by atoms with Crippen molar-refractivity contribution in [2.24, 2.45) is 0 Å². The predicted molar refractivity (Wildman–Crippen MR) is 292 cm³/mol. The van der Waals surface area contributed by atoms with E-state index in [1.54, 1.807) is 0 Å². The monoisotopic (exact) mass is 910 g/mol. The Morgan fingerprint density at radius 1 is 0.343 bits per heavy atom. The van der Waals surface area contributed by atoms with Crippen molar-refractivity contribution in [3.63, 3.8) is 0 Å². The molecule has 0 bridgehead atoms. The lowest BCUT2D eigenvalue weighted by molar-refractivity contribution is 0.670. The molecular formula is C64H42N4OSi. The first-order valence-electron chi connectivity index (χ1n) is 23.8. The van der Waals surface area contributed by atoms with Crippen molar-refractivity contribution in [2.45, 2.75) is 0 Å². The number of rotatable bonds is 8. The summed E-state index contributed by atoms with van der Waals surface area (Å²) >= 11 is 0. The van der Waals surface area contributed by atoms with E-state index in [2.05, 4.69) is 252 Å². The maximum Gasteiger partial charge on any atom is 0.179 e. The van der Waals surface area contributed by atoms with Gasteiger partial charge in [-0.25, -0.2) is 9.97 Å². The smallest absolute Gasteiger partial charge is 0.179 e. The third kappa shape index (κ3) is 6.10. The summed E-state index contributed by atoms with van der Waals surface area (Å²) in [4.78, 5) is 11.2. The molecular weight excluding hydrogens is 869 g/mol. The summed E-state index contributed by atoms with van der Waals surface area (Å²) in [6.45, 7) is 0. The van der Waals surface area contributed by atoms with Crippen molar-refractivity contribution >= 4 is 94.4 Å². The molecule has 0 atom stereocenters. The highest BCUT2D eigenvalue weighted by atomic mass is 28.3. The fourth-order valence-electron chi connectivity index (χ4n) is 11.3. The SMILES string of the molecule is c1ccc([Si](c2ccccc2)(c2ccccc2)c2cccc(-c3nc(-c4cccc5c4oc4ccccc45)cc(-n4c5ccccc5c5cc(-n6c7ccccc7c7ccccc76)ccc54)n3)c2)cc1. The molecule has 328 valence electrons. The normalized spacial score (nSPS) is 12.0. The summed E-state index contributed by atoms with van der Waals surface area (Å²) in [7, 11) is -2.88. The molecule has 0 radical (unpaired) electrons. The lowest BCUT2D eigenvalue weighted by Gasteiger charge is -2.34. The van der Waals surface area contributed by atoms with E-state index in [0.717, 1.165) is 72.1 Å². The lowest BCUT2D eigenvalue weighted by Crippen LogP contribution is -2.74. The van der Waals surface area contributed by atoms with Crippen LogP contribution in [0.2, 0.25) is 0 Å². The Kier molecular flexibility index (Phi) is 9.15. The average molecular weight is 911 g/mol. The van der Waals surface area contributed by atoms with Crippen LogP contribution >= 0.6 is 0 Å². The molecule has 4 aromatic heterocycles. The van der Waals surface area contributed by atoms with Gasteiger partial charge in [0, 0.05) is 55.2 Å². The van der Waals surface area contributed by atoms with E-state index in [9.17, 15) is 0 Å². The predicted octanol–water partition coefficient (Wildman–Crippen LogP) is 13.3. The van der Waals surface area contributed by atoms with E-state index in [1.165, 1.54) is 42.6 Å². The summed E-state index contributed by atoms with van der Waals surface area (Å²) in [5.41, 5.74) is 9.85. The van der Waals surface area contributed by atoms with Gasteiger partial charge in [-0.15, -0.1) is 0 Å². The maximum absolute atomic E-state index is 6.71. The molecule has 0 fully saturated rings. The van der Waals surface area contributed by atoms with Gasteiger partial charge in [-0.1, -0.05) is 200 Å². The Bertz CT molecular complexity index is 4160. The van der Waals surface area contributed by atoms with E-state index in [4.69, 9.17) is 14.4 Å². The highest BCUT2D eigenvalue weighted by Gasteiger charge is 2.41. The molecule has 0 amide bonds. The van der Waals surface area contributed by atoms with Crippen LogP contribution in [0.15, 0.2) is 259 Å². The highest BCUT2D eigenvalue weighted by Crippen LogP contribution is 2.40. The number of hydrogen-bond acceptors (Lipinski definition) is 3. The minimum atomic E-state index is -2.88. The van der Waals surface area contributed by atoms with Crippen molar-refractivity contribution in [3.8, 4) is 34.2 Å². The van der Waals surface area contributed by atoms with Crippen LogP contribution in [0.1, 0.15) is 0 Å². The van der Waals surface area contributed by atoms with Crippen LogP contribution in [0, 0.1) is 0 Å². The van der Waals surface area contributed by atoms with Gasteiger partial charge in [0.15, 0.2) is 13.9 Å². The number of hydrogen-bond donors (Lipinski definition) is 0. The topological polar surface area (TPSA) is 48.8 Å². The molecule has 4 heterocycles. The van der Waals surface area contributed by atoms with Crippen molar-refractivity contribution < 1.29 is 4.42 Å². The van der Waals surface area contributed by atoms with Crippen molar-refractivity contribution in [1.29, 1.82) is 0 Å². The summed E-state index contributed by atoms with van der Waals surface area (Å²) in [5, 5.41) is 12.1. The molecule has 70 heavy (non-hydrogen) atoms. The first-order valence-corrected chi connectivity index (χ1v) is 25.8. The summed E-state index contributed by atoms with van der Waals surface area (Å²) < 4.78 is 11.4. The molecule has 0 unspecified atom stereocenters. The molecule has 0 aliphatic carbocycles. The van der Waals surface area contributed by atoms with Crippen LogP contribution in [0.3, 0.4) is 0 Å². The van der Waals surface area contributed by atoms with E-state index in [1.807, 2.05) is 12.1 Å².